The van der Waals surface area contributed by atoms with Crippen LogP contribution in [0.25, 0.3) is 0 Å². The molecular weight excluding hydrogens is 329 g/mol. The molecule has 8 heteroatoms. The van der Waals surface area contributed by atoms with E-state index in [4.69, 9.17) is 0 Å². The van der Waals surface area contributed by atoms with Gasteiger partial charge in [-0.2, -0.15) is 0 Å². The first kappa shape index (κ1) is 10.9. The minimum Gasteiger partial charge on any atom is -0.263 e. The van der Waals surface area contributed by atoms with Crippen molar-refractivity contribution in [2.24, 2.45) is 0 Å². The summed E-state index contributed by atoms with van der Waals surface area (Å²) in [6, 6.07) is 3.11. The topological polar surface area (TPSA) is 77.3 Å². The molecule has 5 nitrogen and oxygen atoms in total. The molecule has 0 aliphatic heterocycles. The van der Waals surface area contributed by atoms with E-state index in [1.54, 1.807) is 6.07 Å². The molecule has 0 radical (unpaired) electrons. The fourth-order valence-corrected chi connectivity index (χ4v) is 3.25. The van der Waals surface area contributed by atoms with Crippen molar-refractivity contribution in [2.45, 2.75) is 5.37 Å². The largest absolute Gasteiger partial charge is 0.341 e. The average molecular weight is 333 g/mol. The Bertz CT molecular complexity index is 391. The minimum absolute atomic E-state index is 0.255. The molecule has 0 aliphatic carbocycles. The van der Waals surface area contributed by atoms with Crippen LogP contribution in [0.15, 0.2) is 12.1 Å². The number of thiol groups is 1. The number of hydrogen-bond donors (Lipinski definition) is 1. The fraction of sp³-hybridized carbons (Fsp3) is 0.200. The van der Waals surface area contributed by atoms with Crippen molar-refractivity contribution in [1.82, 2.24) is 0 Å². The minimum atomic E-state index is -3.06. The Kier molecular flexibility index (Phi) is 3.62. The Hall–Kier alpha value is -0.220. The van der Waals surface area contributed by atoms with Gasteiger partial charge in [0.25, 0.3) is 0 Å². The molecular formula is C5H4INO4S2. The lowest BCUT2D eigenvalue weighted by molar-refractivity contribution is -0.501. The standard InChI is InChI=1S/C5H4INO4S2/c6-4-2-1-3(12-4)5(7(8)9)13(10)11/h1-2,5,13H. The number of hydrogen-bond acceptors (Lipinski definition) is 5. The molecule has 1 aromatic rings. The van der Waals surface area contributed by atoms with Gasteiger partial charge in [0.2, 0.25) is 10.7 Å². The van der Waals surface area contributed by atoms with E-state index >= 15 is 0 Å². The molecule has 13 heavy (non-hydrogen) atoms. The number of halogens is 1. The molecule has 0 aromatic carbocycles. The first-order valence-corrected chi connectivity index (χ1v) is 6.19. The van der Waals surface area contributed by atoms with Gasteiger partial charge in [-0.05, 0) is 34.7 Å². The number of thiophene rings is 1. The molecule has 0 bridgehead atoms. The summed E-state index contributed by atoms with van der Waals surface area (Å²) in [6.45, 7) is 0. The molecule has 1 rings (SSSR count). The highest BCUT2D eigenvalue weighted by atomic mass is 127. The number of nitrogens with zero attached hydrogens (tertiary/aromatic N) is 1. The van der Waals surface area contributed by atoms with Gasteiger partial charge in [-0.1, -0.05) is 0 Å². The van der Waals surface area contributed by atoms with Gasteiger partial charge in [-0.3, -0.25) is 10.1 Å². The van der Waals surface area contributed by atoms with Crippen molar-refractivity contribution in [2.75, 3.05) is 0 Å². The predicted octanol–water partition coefficient (Wildman–Crippen LogP) is 1.24. The van der Waals surface area contributed by atoms with Crippen LogP contribution in [0.5, 0.6) is 0 Å². The van der Waals surface area contributed by atoms with E-state index < -0.39 is 21.0 Å². The molecule has 0 saturated heterocycles. The van der Waals surface area contributed by atoms with E-state index in [1.165, 1.54) is 6.07 Å². The summed E-state index contributed by atoms with van der Waals surface area (Å²) in [5, 5.41) is 8.78. The highest BCUT2D eigenvalue weighted by molar-refractivity contribution is 14.1. The maximum absolute atomic E-state index is 10.6. The Balaban J connectivity index is 3.09. The summed E-state index contributed by atoms with van der Waals surface area (Å²) in [4.78, 5) is 9.83. The van der Waals surface area contributed by atoms with Crippen LogP contribution in [-0.2, 0) is 10.7 Å². The quantitative estimate of drug-likeness (QED) is 0.391. The summed E-state index contributed by atoms with van der Waals surface area (Å²) >= 11 is 3.09. The summed E-state index contributed by atoms with van der Waals surface area (Å²) in [7, 11) is -3.06. The van der Waals surface area contributed by atoms with Crippen LogP contribution in [0.3, 0.4) is 0 Å². The van der Waals surface area contributed by atoms with Gasteiger partial charge in [-0.25, -0.2) is 8.42 Å². The molecule has 72 valence electrons. The molecule has 0 spiro atoms. The number of nitro groups is 1. The van der Waals surface area contributed by atoms with E-state index in [2.05, 4.69) is 0 Å². The summed E-state index contributed by atoms with van der Waals surface area (Å²) < 4.78 is 21.9. The van der Waals surface area contributed by atoms with E-state index in [-0.39, 0.29) is 4.88 Å². The molecule has 0 fully saturated rings. The smallest absolute Gasteiger partial charge is 0.263 e. The highest BCUT2D eigenvalue weighted by Crippen LogP contribution is 2.26. The first-order valence-electron chi connectivity index (χ1n) is 3.04. The van der Waals surface area contributed by atoms with Gasteiger partial charge in [0.05, 0.1) is 7.76 Å². The summed E-state index contributed by atoms with van der Waals surface area (Å²) in [5.74, 6) is 0. The van der Waals surface area contributed by atoms with Crippen molar-refractivity contribution < 1.29 is 13.3 Å². The molecule has 0 N–H and O–H groups in total. The highest BCUT2D eigenvalue weighted by Gasteiger charge is 2.27. The van der Waals surface area contributed by atoms with Crippen LogP contribution in [0.4, 0.5) is 0 Å². The Morgan fingerprint density at radius 2 is 2.15 bits per heavy atom. The maximum Gasteiger partial charge on any atom is 0.341 e. The predicted molar refractivity (Wildman–Crippen MR) is 57.1 cm³/mol. The zero-order chi connectivity index (χ0) is 10.0. The van der Waals surface area contributed by atoms with Gasteiger partial charge < -0.3 is 0 Å². The molecule has 0 amide bonds. The zero-order valence-corrected chi connectivity index (χ0v) is 9.91. The second kappa shape index (κ2) is 4.33. The molecule has 1 aromatic heterocycles. The third kappa shape index (κ3) is 2.61. The molecule has 1 atom stereocenters. The van der Waals surface area contributed by atoms with Crippen LogP contribution in [0.2, 0.25) is 0 Å². The van der Waals surface area contributed by atoms with Crippen LogP contribution in [0.1, 0.15) is 10.3 Å². The Morgan fingerprint density at radius 3 is 2.46 bits per heavy atom. The van der Waals surface area contributed by atoms with Crippen LogP contribution in [-0.4, -0.2) is 13.3 Å². The Morgan fingerprint density at radius 1 is 1.54 bits per heavy atom. The monoisotopic (exact) mass is 333 g/mol. The van der Waals surface area contributed by atoms with E-state index in [0.717, 1.165) is 14.2 Å². The van der Waals surface area contributed by atoms with Crippen LogP contribution in [0, 0.1) is 13.0 Å². The SMILES string of the molecule is O=[N+]([O-])C(c1ccc(I)s1)[SH](=O)=O. The van der Waals surface area contributed by atoms with Crippen LogP contribution < -0.4 is 0 Å². The van der Waals surface area contributed by atoms with Crippen molar-refractivity contribution in [3.05, 3.63) is 30.0 Å². The fourth-order valence-electron chi connectivity index (χ4n) is 0.752. The van der Waals surface area contributed by atoms with Gasteiger partial charge in [0.15, 0.2) is 0 Å². The maximum atomic E-state index is 10.6. The molecule has 1 unspecified atom stereocenters. The van der Waals surface area contributed by atoms with Crippen molar-refractivity contribution in [1.29, 1.82) is 0 Å². The van der Waals surface area contributed by atoms with Gasteiger partial charge in [0.1, 0.15) is 0 Å². The van der Waals surface area contributed by atoms with Gasteiger partial charge in [0, 0.05) is 4.92 Å². The zero-order valence-electron chi connectivity index (χ0n) is 6.05. The molecule has 0 saturated carbocycles. The average Bonchev–Trinajstić information content (AvgIpc) is 2.34. The normalized spacial score (nSPS) is 13.1. The first-order chi connectivity index (χ1) is 6.02. The van der Waals surface area contributed by atoms with Gasteiger partial charge >= 0.3 is 5.37 Å². The third-order valence-corrected chi connectivity index (χ3v) is 4.23. The van der Waals surface area contributed by atoms with E-state index in [0.29, 0.717) is 0 Å². The van der Waals surface area contributed by atoms with Gasteiger partial charge in [-0.15, -0.1) is 11.3 Å². The lowest BCUT2D eigenvalue weighted by Gasteiger charge is -1.97. The second-order valence-corrected chi connectivity index (χ2v) is 6.16. The second-order valence-electron chi connectivity index (χ2n) is 2.09. The molecule has 1 heterocycles. The van der Waals surface area contributed by atoms with E-state index in [9.17, 15) is 18.5 Å². The molecule has 0 aliphatic rings. The van der Waals surface area contributed by atoms with Crippen LogP contribution >= 0.6 is 33.9 Å². The lowest BCUT2D eigenvalue weighted by atomic mass is 10.5. The summed E-state index contributed by atoms with van der Waals surface area (Å²) in [6.07, 6.45) is 0. The Labute approximate surface area is 93.0 Å². The van der Waals surface area contributed by atoms with Crippen molar-refractivity contribution in [3.8, 4) is 0 Å². The van der Waals surface area contributed by atoms with Crippen molar-refractivity contribution >= 4 is 44.6 Å². The summed E-state index contributed by atoms with van der Waals surface area (Å²) in [5.41, 5.74) is 0. The van der Waals surface area contributed by atoms with Crippen molar-refractivity contribution in [3.63, 3.8) is 0 Å². The third-order valence-electron chi connectivity index (χ3n) is 1.25. The lowest BCUT2D eigenvalue weighted by Crippen LogP contribution is -2.10. The van der Waals surface area contributed by atoms with E-state index in [1.807, 2.05) is 22.6 Å². The number of rotatable bonds is 3.